The Labute approximate surface area is 160 Å². The van der Waals surface area contributed by atoms with Crippen LogP contribution < -0.4 is 5.32 Å². The Morgan fingerprint density at radius 2 is 1.86 bits per heavy atom. The SMILES string of the molecule is CC(C(=O)NC12CC(F)(C1)C2)C1[C@H]2CC(n3cnc4cc(F)c(F)cc43)C[C@@H]12. The van der Waals surface area contributed by atoms with Gasteiger partial charge in [0, 0.05) is 48.9 Å². The van der Waals surface area contributed by atoms with Crippen LogP contribution >= 0.6 is 0 Å². The summed E-state index contributed by atoms with van der Waals surface area (Å²) in [5.41, 5.74) is -0.179. The van der Waals surface area contributed by atoms with E-state index >= 15 is 0 Å². The first-order chi connectivity index (χ1) is 13.3. The van der Waals surface area contributed by atoms with E-state index in [1.807, 2.05) is 11.5 Å². The highest BCUT2D eigenvalue weighted by atomic mass is 19.2. The van der Waals surface area contributed by atoms with Gasteiger partial charge in [-0.3, -0.25) is 4.79 Å². The zero-order valence-electron chi connectivity index (χ0n) is 15.6. The van der Waals surface area contributed by atoms with Gasteiger partial charge in [-0.15, -0.1) is 0 Å². The van der Waals surface area contributed by atoms with Gasteiger partial charge in [-0.05, 0) is 30.6 Å². The number of hydrogen-bond acceptors (Lipinski definition) is 2. The van der Waals surface area contributed by atoms with Crippen LogP contribution in [0.5, 0.6) is 0 Å². The van der Waals surface area contributed by atoms with Gasteiger partial charge >= 0.3 is 0 Å². The molecule has 1 N–H and O–H groups in total. The molecule has 0 spiro atoms. The van der Waals surface area contributed by atoms with Crippen LogP contribution in [0, 0.1) is 35.3 Å². The van der Waals surface area contributed by atoms with Crippen LogP contribution in [0.3, 0.4) is 0 Å². The molecule has 4 nitrogen and oxygen atoms in total. The molecule has 0 saturated heterocycles. The second-order valence-electron chi connectivity index (χ2n) is 9.68. The molecule has 5 aliphatic rings. The lowest BCUT2D eigenvalue weighted by atomic mass is 9.47. The summed E-state index contributed by atoms with van der Waals surface area (Å²) in [6.07, 6.45) is 4.95. The van der Waals surface area contributed by atoms with Crippen molar-refractivity contribution in [3.05, 3.63) is 30.1 Å². The quantitative estimate of drug-likeness (QED) is 0.862. The maximum absolute atomic E-state index is 13.7. The number of amides is 1. The maximum Gasteiger partial charge on any atom is 0.223 e. The van der Waals surface area contributed by atoms with Crippen molar-refractivity contribution in [2.24, 2.45) is 23.7 Å². The highest BCUT2D eigenvalue weighted by Gasteiger charge is 2.70. The second-order valence-corrected chi connectivity index (χ2v) is 9.68. The van der Waals surface area contributed by atoms with Crippen molar-refractivity contribution in [3.8, 4) is 0 Å². The second kappa shape index (κ2) is 5.10. The lowest BCUT2D eigenvalue weighted by molar-refractivity contribution is -0.176. The largest absolute Gasteiger partial charge is 0.350 e. The number of halogens is 3. The summed E-state index contributed by atoms with van der Waals surface area (Å²) in [7, 11) is 0. The van der Waals surface area contributed by atoms with E-state index in [-0.39, 0.29) is 23.4 Å². The molecule has 0 radical (unpaired) electrons. The standard InChI is InChI=1S/C21H22F3N3O/c1-10(19(28)26-21-6-20(24,7-21)8-21)18-12-2-11(3-13(12)18)27-9-25-16-4-14(22)15(23)5-17(16)27/h4-5,9-13,18H,2-3,6-8H2,1H3,(H,26,28)/t10?,11?,12-,13+,18?,20?,21?. The number of nitrogens with zero attached hydrogens (tertiary/aromatic N) is 2. The molecule has 28 heavy (non-hydrogen) atoms. The highest BCUT2D eigenvalue weighted by Crippen LogP contribution is 2.65. The van der Waals surface area contributed by atoms with Crippen LogP contribution in [-0.2, 0) is 4.79 Å². The summed E-state index contributed by atoms with van der Waals surface area (Å²) in [5, 5.41) is 3.10. The molecule has 5 saturated carbocycles. The highest BCUT2D eigenvalue weighted by molar-refractivity contribution is 5.81. The average Bonchev–Trinajstić information content (AvgIpc) is 2.92. The molecule has 5 fully saturated rings. The van der Waals surface area contributed by atoms with Crippen LogP contribution in [0.2, 0.25) is 0 Å². The molecular weight excluding hydrogens is 367 g/mol. The lowest BCUT2D eigenvalue weighted by Gasteiger charge is -2.65. The normalized spacial score (nSPS) is 41.1. The third-order valence-electron chi connectivity index (χ3n) is 7.84. The van der Waals surface area contributed by atoms with Crippen molar-refractivity contribution in [3.63, 3.8) is 0 Å². The fraction of sp³-hybridized carbons (Fsp3) is 0.619. The Morgan fingerprint density at radius 1 is 1.21 bits per heavy atom. The first kappa shape index (κ1) is 16.9. The minimum absolute atomic E-state index is 0.0586. The predicted molar refractivity (Wildman–Crippen MR) is 96.1 cm³/mol. The van der Waals surface area contributed by atoms with Crippen molar-refractivity contribution in [2.75, 3.05) is 0 Å². The zero-order valence-corrected chi connectivity index (χ0v) is 15.6. The molecule has 0 aliphatic heterocycles. The monoisotopic (exact) mass is 389 g/mol. The number of carbonyl (C=O) groups excluding carboxylic acids is 1. The molecule has 2 bridgehead atoms. The first-order valence-corrected chi connectivity index (χ1v) is 10.1. The molecule has 5 aliphatic carbocycles. The van der Waals surface area contributed by atoms with Crippen molar-refractivity contribution in [1.82, 2.24) is 14.9 Å². The molecule has 7 rings (SSSR count). The Hall–Kier alpha value is -2.05. The number of aromatic nitrogens is 2. The Balaban J connectivity index is 1.12. The molecule has 2 aromatic rings. The Bertz CT molecular complexity index is 986. The summed E-state index contributed by atoms with van der Waals surface area (Å²) in [6.45, 7) is 1.98. The first-order valence-electron chi connectivity index (χ1n) is 10.1. The van der Waals surface area contributed by atoms with Gasteiger partial charge in [0.2, 0.25) is 5.91 Å². The number of nitrogens with one attached hydrogen (secondary N) is 1. The van der Waals surface area contributed by atoms with Gasteiger partial charge in [0.15, 0.2) is 11.6 Å². The van der Waals surface area contributed by atoms with Crippen LogP contribution in [0.1, 0.15) is 45.1 Å². The predicted octanol–water partition coefficient (Wildman–Crippen LogP) is 3.91. The third-order valence-corrected chi connectivity index (χ3v) is 7.84. The van der Waals surface area contributed by atoms with Crippen LogP contribution in [0.4, 0.5) is 13.2 Å². The minimum Gasteiger partial charge on any atom is -0.350 e. The topological polar surface area (TPSA) is 46.9 Å². The number of carbonyl (C=O) groups is 1. The number of benzene rings is 1. The third kappa shape index (κ3) is 2.19. The van der Waals surface area contributed by atoms with E-state index in [0.29, 0.717) is 48.0 Å². The molecule has 7 heteroatoms. The molecule has 3 unspecified atom stereocenters. The average molecular weight is 389 g/mol. The van der Waals surface area contributed by atoms with Gasteiger partial charge < -0.3 is 9.88 Å². The molecule has 1 amide bonds. The van der Waals surface area contributed by atoms with E-state index < -0.39 is 17.3 Å². The fourth-order valence-electron chi connectivity index (χ4n) is 6.49. The molecule has 1 aromatic carbocycles. The summed E-state index contributed by atoms with van der Waals surface area (Å²) in [5.74, 6) is -0.413. The molecule has 1 aromatic heterocycles. The Morgan fingerprint density at radius 3 is 2.50 bits per heavy atom. The summed E-state index contributed by atoms with van der Waals surface area (Å²) in [6, 6.07) is 2.56. The van der Waals surface area contributed by atoms with E-state index in [0.717, 1.165) is 18.9 Å². The molecule has 1 heterocycles. The van der Waals surface area contributed by atoms with Crippen molar-refractivity contribution in [1.29, 1.82) is 0 Å². The fourth-order valence-corrected chi connectivity index (χ4v) is 6.49. The number of hydrogen-bond donors (Lipinski definition) is 1. The Kier molecular flexibility index (Phi) is 3.07. The van der Waals surface area contributed by atoms with Crippen molar-refractivity contribution >= 4 is 16.9 Å². The molecule has 148 valence electrons. The van der Waals surface area contributed by atoms with E-state index in [1.165, 1.54) is 6.07 Å². The van der Waals surface area contributed by atoms with Gasteiger partial charge in [-0.1, -0.05) is 6.92 Å². The summed E-state index contributed by atoms with van der Waals surface area (Å²) < 4.78 is 42.7. The van der Waals surface area contributed by atoms with E-state index in [2.05, 4.69) is 10.3 Å². The van der Waals surface area contributed by atoms with Gasteiger partial charge in [0.05, 0.1) is 17.4 Å². The van der Waals surface area contributed by atoms with Gasteiger partial charge in [-0.25, -0.2) is 18.2 Å². The zero-order chi connectivity index (χ0) is 19.4. The van der Waals surface area contributed by atoms with Crippen molar-refractivity contribution in [2.45, 2.75) is 56.3 Å². The van der Waals surface area contributed by atoms with Gasteiger partial charge in [-0.2, -0.15) is 0 Å². The maximum atomic E-state index is 13.7. The summed E-state index contributed by atoms with van der Waals surface area (Å²) >= 11 is 0. The van der Waals surface area contributed by atoms with E-state index in [1.54, 1.807) is 6.33 Å². The van der Waals surface area contributed by atoms with E-state index in [9.17, 15) is 18.0 Å². The molecule has 5 atom stereocenters. The number of imidazole rings is 1. The molecular formula is C21H22F3N3O. The number of fused-ring (bicyclic) bond motifs is 2. The van der Waals surface area contributed by atoms with Gasteiger partial charge in [0.25, 0.3) is 0 Å². The minimum atomic E-state index is -1.00. The van der Waals surface area contributed by atoms with Crippen LogP contribution in [0.15, 0.2) is 18.5 Å². The number of alkyl halides is 1. The lowest BCUT2D eigenvalue weighted by Crippen LogP contribution is -2.77. The summed E-state index contributed by atoms with van der Waals surface area (Å²) in [4.78, 5) is 16.8. The van der Waals surface area contributed by atoms with Crippen molar-refractivity contribution < 1.29 is 18.0 Å². The van der Waals surface area contributed by atoms with Crippen LogP contribution in [-0.4, -0.2) is 26.7 Å². The number of rotatable bonds is 4. The van der Waals surface area contributed by atoms with E-state index in [4.69, 9.17) is 0 Å². The van der Waals surface area contributed by atoms with Gasteiger partial charge in [0.1, 0.15) is 5.67 Å². The van der Waals surface area contributed by atoms with Crippen LogP contribution in [0.25, 0.3) is 11.0 Å². The smallest absolute Gasteiger partial charge is 0.223 e.